The molecule has 8 heteroatoms. The van der Waals surface area contributed by atoms with E-state index in [1.165, 1.54) is 12.5 Å². The number of aryl methyl sites for hydroxylation is 3. The highest BCUT2D eigenvalue weighted by Crippen LogP contribution is 2.22. The smallest absolute Gasteiger partial charge is 0.213 e. The predicted molar refractivity (Wildman–Crippen MR) is 72.1 cm³/mol. The molecule has 3 rings (SSSR count). The average molecular weight is 313 g/mol. The van der Waals surface area contributed by atoms with E-state index in [-0.39, 0.29) is 5.52 Å². The van der Waals surface area contributed by atoms with Crippen molar-refractivity contribution in [2.24, 2.45) is 0 Å². The fraction of sp³-hybridized carbons (Fsp3) is 0.308. The van der Waals surface area contributed by atoms with Gasteiger partial charge >= 0.3 is 0 Å². The molecule has 0 saturated heterocycles. The first kappa shape index (κ1) is 13.9. The summed E-state index contributed by atoms with van der Waals surface area (Å²) in [5.74, 6) is -0.372. The standard InChI is InChI=1S/C13H11ClF2N4O/c14-5-3-11-18-9-2-1-8(15)12(16)13(9)20(11)6-4-10-17-7-21-19-10/h1-2,7H,3-6H2. The van der Waals surface area contributed by atoms with Gasteiger partial charge in [0, 0.05) is 25.3 Å². The van der Waals surface area contributed by atoms with Crippen LogP contribution >= 0.6 is 11.6 Å². The molecule has 0 bridgehead atoms. The number of hydrogen-bond donors (Lipinski definition) is 0. The molecule has 3 aromatic rings. The van der Waals surface area contributed by atoms with Crippen LogP contribution in [0, 0.1) is 11.6 Å². The van der Waals surface area contributed by atoms with Crippen molar-refractivity contribution in [1.29, 1.82) is 0 Å². The van der Waals surface area contributed by atoms with Crippen LogP contribution in [0.2, 0.25) is 0 Å². The van der Waals surface area contributed by atoms with Gasteiger partial charge in [0.25, 0.3) is 0 Å². The molecule has 0 saturated carbocycles. The number of imidazole rings is 1. The Morgan fingerprint density at radius 1 is 1.24 bits per heavy atom. The SMILES string of the molecule is Fc1ccc2nc(CCCl)n(CCc3ncon3)c2c1F. The lowest BCUT2D eigenvalue weighted by Crippen LogP contribution is -2.09. The van der Waals surface area contributed by atoms with Crippen LogP contribution in [0.3, 0.4) is 0 Å². The van der Waals surface area contributed by atoms with Crippen LogP contribution < -0.4 is 0 Å². The predicted octanol–water partition coefficient (Wildman–Crippen LogP) is 2.72. The van der Waals surface area contributed by atoms with E-state index in [4.69, 9.17) is 11.6 Å². The second-order valence-corrected chi connectivity index (χ2v) is 4.82. The van der Waals surface area contributed by atoms with Gasteiger partial charge in [-0.15, -0.1) is 11.6 Å². The van der Waals surface area contributed by atoms with Crippen LogP contribution in [-0.2, 0) is 19.4 Å². The minimum atomic E-state index is -0.908. The van der Waals surface area contributed by atoms with Crippen molar-refractivity contribution in [3.05, 3.63) is 41.8 Å². The molecule has 0 aliphatic carbocycles. The molecular formula is C13H11ClF2N4O. The van der Waals surface area contributed by atoms with Crippen LogP contribution in [0.1, 0.15) is 11.6 Å². The molecule has 21 heavy (non-hydrogen) atoms. The molecule has 2 heterocycles. The largest absolute Gasteiger partial charge is 0.343 e. The second-order valence-electron chi connectivity index (χ2n) is 4.45. The van der Waals surface area contributed by atoms with Gasteiger partial charge in [0.05, 0.1) is 5.52 Å². The van der Waals surface area contributed by atoms with Gasteiger partial charge < -0.3 is 9.09 Å². The summed E-state index contributed by atoms with van der Waals surface area (Å²) in [6, 6.07) is 2.52. The van der Waals surface area contributed by atoms with Crippen LogP contribution in [0.15, 0.2) is 23.0 Å². The zero-order valence-corrected chi connectivity index (χ0v) is 11.6. The molecular weight excluding hydrogens is 302 g/mol. The summed E-state index contributed by atoms with van der Waals surface area (Å²) in [5, 5.41) is 3.70. The second kappa shape index (κ2) is 5.77. The van der Waals surface area contributed by atoms with Crippen molar-refractivity contribution in [1.82, 2.24) is 19.7 Å². The van der Waals surface area contributed by atoms with Gasteiger partial charge in [-0.05, 0) is 12.1 Å². The maximum absolute atomic E-state index is 14.1. The summed E-state index contributed by atoms with van der Waals surface area (Å²) >= 11 is 5.75. The molecule has 0 amide bonds. The summed E-state index contributed by atoms with van der Waals surface area (Å²) in [6.07, 6.45) is 2.11. The van der Waals surface area contributed by atoms with Crippen molar-refractivity contribution in [2.45, 2.75) is 19.4 Å². The molecule has 0 fully saturated rings. The summed E-state index contributed by atoms with van der Waals surface area (Å²) < 4.78 is 33.8. The highest BCUT2D eigenvalue weighted by molar-refractivity contribution is 6.17. The third-order valence-corrected chi connectivity index (χ3v) is 3.35. The van der Waals surface area contributed by atoms with E-state index < -0.39 is 11.6 Å². The third kappa shape index (κ3) is 2.61. The van der Waals surface area contributed by atoms with Crippen LogP contribution in [0.5, 0.6) is 0 Å². The zero-order valence-electron chi connectivity index (χ0n) is 10.9. The zero-order chi connectivity index (χ0) is 14.8. The Kier molecular flexibility index (Phi) is 3.83. The molecule has 0 aliphatic heterocycles. The van der Waals surface area contributed by atoms with E-state index in [0.717, 1.165) is 6.07 Å². The molecule has 0 N–H and O–H groups in total. The minimum absolute atomic E-state index is 0.138. The normalized spacial score (nSPS) is 11.4. The van der Waals surface area contributed by atoms with Crippen molar-refractivity contribution >= 4 is 22.6 Å². The summed E-state index contributed by atoms with van der Waals surface area (Å²) in [6.45, 7) is 0.364. The van der Waals surface area contributed by atoms with E-state index >= 15 is 0 Å². The number of aromatic nitrogens is 4. The molecule has 0 unspecified atom stereocenters. The Hall–Kier alpha value is -2.02. The Labute approximate surface area is 123 Å². The molecule has 0 spiro atoms. The molecule has 0 radical (unpaired) electrons. The van der Waals surface area contributed by atoms with E-state index in [0.29, 0.717) is 42.4 Å². The number of hydrogen-bond acceptors (Lipinski definition) is 4. The molecule has 110 valence electrons. The highest BCUT2D eigenvalue weighted by atomic mass is 35.5. The molecule has 5 nitrogen and oxygen atoms in total. The monoisotopic (exact) mass is 312 g/mol. The first-order chi connectivity index (χ1) is 10.2. The van der Waals surface area contributed by atoms with Gasteiger partial charge in [-0.1, -0.05) is 5.16 Å². The minimum Gasteiger partial charge on any atom is -0.343 e. The lowest BCUT2D eigenvalue weighted by molar-refractivity contribution is 0.408. The van der Waals surface area contributed by atoms with E-state index in [9.17, 15) is 8.78 Å². The number of halogens is 3. The van der Waals surface area contributed by atoms with Crippen molar-refractivity contribution in [2.75, 3.05) is 5.88 Å². The van der Waals surface area contributed by atoms with E-state index in [1.807, 2.05) is 0 Å². The van der Waals surface area contributed by atoms with Crippen molar-refractivity contribution < 1.29 is 13.3 Å². The number of benzene rings is 1. The first-order valence-corrected chi connectivity index (χ1v) is 6.88. The van der Waals surface area contributed by atoms with Crippen LogP contribution in [-0.4, -0.2) is 25.6 Å². The Bertz CT molecular complexity index is 757. The molecule has 0 atom stereocenters. The number of nitrogens with zero attached hydrogens (tertiary/aromatic N) is 4. The van der Waals surface area contributed by atoms with Gasteiger partial charge in [0.2, 0.25) is 6.39 Å². The third-order valence-electron chi connectivity index (χ3n) is 3.16. The first-order valence-electron chi connectivity index (χ1n) is 6.35. The average Bonchev–Trinajstić information content (AvgIpc) is 3.09. The topological polar surface area (TPSA) is 56.7 Å². The molecule has 2 aromatic heterocycles. The van der Waals surface area contributed by atoms with Gasteiger partial charge in [-0.2, -0.15) is 4.98 Å². The Morgan fingerprint density at radius 3 is 2.81 bits per heavy atom. The van der Waals surface area contributed by atoms with Crippen LogP contribution in [0.4, 0.5) is 8.78 Å². The maximum atomic E-state index is 14.1. The number of rotatable bonds is 5. The van der Waals surface area contributed by atoms with Crippen molar-refractivity contribution in [3.8, 4) is 0 Å². The van der Waals surface area contributed by atoms with Crippen molar-refractivity contribution in [3.63, 3.8) is 0 Å². The fourth-order valence-electron chi connectivity index (χ4n) is 2.24. The van der Waals surface area contributed by atoms with E-state index in [2.05, 4.69) is 19.6 Å². The quantitative estimate of drug-likeness (QED) is 0.680. The number of fused-ring (bicyclic) bond motifs is 1. The fourth-order valence-corrected chi connectivity index (χ4v) is 2.40. The molecule has 1 aromatic carbocycles. The lowest BCUT2D eigenvalue weighted by Gasteiger charge is -2.07. The Balaban J connectivity index is 2.04. The molecule has 0 aliphatic rings. The van der Waals surface area contributed by atoms with Gasteiger partial charge in [0.15, 0.2) is 17.5 Å². The van der Waals surface area contributed by atoms with E-state index in [1.54, 1.807) is 4.57 Å². The summed E-state index contributed by atoms with van der Waals surface area (Å²) in [5.41, 5.74) is 0.542. The summed E-state index contributed by atoms with van der Waals surface area (Å²) in [7, 11) is 0. The maximum Gasteiger partial charge on any atom is 0.213 e. The lowest BCUT2D eigenvalue weighted by atomic mass is 10.3. The summed E-state index contributed by atoms with van der Waals surface area (Å²) in [4.78, 5) is 8.22. The van der Waals surface area contributed by atoms with Crippen LogP contribution in [0.25, 0.3) is 11.0 Å². The van der Waals surface area contributed by atoms with Gasteiger partial charge in [-0.25, -0.2) is 13.8 Å². The van der Waals surface area contributed by atoms with Gasteiger partial charge in [-0.3, -0.25) is 0 Å². The van der Waals surface area contributed by atoms with Gasteiger partial charge in [0.1, 0.15) is 11.3 Å². The number of alkyl halides is 1. The highest BCUT2D eigenvalue weighted by Gasteiger charge is 2.17. The Morgan fingerprint density at radius 2 is 2.10 bits per heavy atom.